The van der Waals surface area contributed by atoms with Gasteiger partial charge in [-0.25, -0.2) is 4.79 Å². The summed E-state index contributed by atoms with van der Waals surface area (Å²) in [6, 6.07) is 18.7. The Bertz CT molecular complexity index is 1480. The van der Waals surface area contributed by atoms with Crippen molar-refractivity contribution in [3.63, 3.8) is 0 Å². The highest BCUT2D eigenvalue weighted by atomic mass is 16.5. The van der Waals surface area contributed by atoms with Crippen LogP contribution < -0.4 is 9.47 Å². The lowest BCUT2D eigenvalue weighted by molar-refractivity contribution is 0.0600. The normalized spacial score (nSPS) is 13.7. The molecule has 5 rings (SSSR count). The predicted octanol–water partition coefficient (Wildman–Crippen LogP) is 5.95. The number of methoxy groups -OCH3 is 1. The second-order valence-electron chi connectivity index (χ2n) is 8.37. The quantitative estimate of drug-likeness (QED) is 0.259. The van der Waals surface area contributed by atoms with E-state index in [1.165, 1.54) is 7.11 Å². The Morgan fingerprint density at radius 1 is 1.06 bits per heavy atom. The first-order valence-corrected chi connectivity index (χ1v) is 11.5. The molecular weight excluding hydrogens is 442 g/mol. The number of allylic oxidation sites excluding steroid dienone is 1. The number of Topliss-reactive ketones (excluding diaryl/α,β-unsaturated/α-hetero) is 1. The SMILES string of the molecule is CCn1cc(/C=C2/Oc3c(ccc(OCc4ccc(C(=O)OC)cc4)c3C)C2=O)c2ccccc21. The molecule has 0 aliphatic carbocycles. The van der Waals surface area contributed by atoms with Gasteiger partial charge in [-0.3, -0.25) is 4.79 Å². The maximum absolute atomic E-state index is 13.1. The fraction of sp³-hybridized carbons (Fsp3) is 0.172. The van der Waals surface area contributed by atoms with E-state index in [1.807, 2.05) is 43.5 Å². The van der Waals surface area contributed by atoms with Gasteiger partial charge in [0.1, 0.15) is 18.1 Å². The van der Waals surface area contributed by atoms with E-state index in [9.17, 15) is 9.59 Å². The Labute approximate surface area is 203 Å². The number of nitrogens with zero attached hydrogens (tertiary/aromatic N) is 1. The lowest BCUT2D eigenvalue weighted by Gasteiger charge is -2.11. The van der Waals surface area contributed by atoms with E-state index >= 15 is 0 Å². The van der Waals surface area contributed by atoms with Gasteiger partial charge in [0, 0.05) is 34.8 Å². The van der Waals surface area contributed by atoms with E-state index in [0.29, 0.717) is 35.0 Å². The van der Waals surface area contributed by atoms with Gasteiger partial charge >= 0.3 is 5.97 Å². The number of carbonyl (C=O) groups is 2. The van der Waals surface area contributed by atoms with Gasteiger partial charge in [0.2, 0.25) is 5.78 Å². The number of aromatic nitrogens is 1. The van der Waals surface area contributed by atoms with Gasteiger partial charge in [-0.05, 0) is 55.8 Å². The van der Waals surface area contributed by atoms with Crippen molar-refractivity contribution >= 4 is 28.7 Å². The molecule has 0 bridgehead atoms. The molecule has 0 unspecified atom stereocenters. The Kier molecular flexibility index (Phi) is 5.87. The third kappa shape index (κ3) is 4.08. The summed E-state index contributed by atoms with van der Waals surface area (Å²) in [5.41, 5.74) is 4.75. The molecule has 0 atom stereocenters. The van der Waals surface area contributed by atoms with Gasteiger partial charge in [0.15, 0.2) is 5.76 Å². The number of esters is 1. The molecular formula is C29H25NO5. The lowest BCUT2D eigenvalue weighted by atomic mass is 10.1. The van der Waals surface area contributed by atoms with E-state index in [2.05, 4.69) is 23.6 Å². The highest BCUT2D eigenvalue weighted by Gasteiger charge is 2.30. The zero-order valence-corrected chi connectivity index (χ0v) is 19.8. The molecule has 0 radical (unpaired) electrons. The number of hydrogen-bond donors (Lipinski definition) is 0. The highest BCUT2D eigenvalue weighted by Crippen LogP contribution is 2.40. The first-order valence-electron chi connectivity index (χ1n) is 11.5. The van der Waals surface area contributed by atoms with Gasteiger partial charge in [0.25, 0.3) is 0 Å². The van der Waals surface area contributed by atoms with E-state index in [0.717, 1.165) is 34.1 Å². The van der Waals surface area contributed by atoms with Crippen LogP contribution in [0.1, 0.15) is 44.3 Å². The van der Waals surface area contributed by atoms with Crippen molar-refractivity contribution in [1.82, 2.24) is 4.57 Å². The van der Waals surface area contributed by atoms with Crippen LogP contribution in [0.3, 0.4) is 0 Å². The zero-order valence-electron chi connectivity index (χ0n) is 19.8. The van der Waals surface area contributed by atoms with Gasteiger partial charge < -0.3 is 18.8 Å². The summed E-state index contributed by atoms with van der Waals surface area (Å²) >= 11 is 0. The van der Waals surface area contributed by atoms with Crippen LogP contribution in [0.5, 0.6) is 11.5 Å². The molecule has 6 heteroatoms. The third-order valence-corrected chi connectivity index (χ3v) is 6.25. The van der Waals surface area contributed by atoms with E-state index in [4.69, 9.17) is 14.2 Å². The van der Waals surface area contributed by atoms with Crippen LogP contribution in [-0.4, -0.2) is 23.4 Å². The van der Waals surface area contributed by atoms with E-state index in [1.54, 1.807) is 24.3 Å². The van der Waals surface area contributed by atoms with Gasteiger partial charge in [-0.15, -0.1) is 0 Å². The van der Waals surface area contributed by atoms with Crippen molar-refractivity contribution in [3.8, 4) is 11.5 Å². The molecule has 35 heavy (non-hydrogen) atoms. The molecule has 176 valence electrons. The second-order valence-corrected chi connectivity index (χ2v) is 8.37. The van der Waals surface area contributed by atoms with Crippen molar-refractivity contribution in [2.45, 2.75) is 27.0 Å². The third-order valence-electron chi connectivity index (χ3n) is 6.25. The minimum Gasteiger partial charge on any atom is -0.488 e. The number of benzene rings is 3. The Morgan fingerprint density at radius 2 is 1.83 bits per heavy atom. The van der Waals surface area contributed by atoms with Crippen LogP contribution in [0, 0.1) is 6.92 Å². The first-order chi connectivity index (χ1) is 17.0. The van der Waals surface area contributed by atoms with Crippen molar-refractivity contribution in [1.29, 1.82) is 0 Å². The molecule has 0 N–H and O–H groups in total. The number of aryl methyl sites for hydroxylation is 1. The van der Waals surface area contributed by atoms with Gasteiger partial charge in [-0.2, -0.15) is 0 Å². The van der Waals surface area contributed by atoms with Gasteiger partial charge in [0.05, 0.1) is 18.2 Å². The zero-order chi connectivity index (χ0) is 24.5. The molecule has 4 aromatic rings. The Hall–Kier alpha value is -4.32. The molecule has 1 aromatic heterocycles. The molecule has 0 amide bonds. The Balaban J connectivity index is 1.38. The predicted molar refractivity (Wildman–Crippen MR) is 134 cm³/mol. The van der Waals surface area contributed by atoms with Crippen molar-refractivity contribution < 1.29 is 23.8 Å². The highest BCUT2D eigenvalue weighted by molar-refractivity contribution is 6.15. The monoisotopic (exact) mass is 467 g/mol. The van der Waals surface area contributed by atoms with Crippen LogP contribution in [-0.2, 0) is 17.9 Å². The topological polar surface area (TPSA) is 66.8 Å². The summed E-state index contributed by atoms with van der Waals surface area (Å²) in [6.45, 7) is 5.13. The van der Waals surface area contributed by atoms with Crippen molar-refractivity contribution in [2.24, 2.45) is 0 Å². The molecule has 0 fully saturated rings. The van der Waals surface area contributed by atoms with Crippen LogP contribution in [0.2, 0.25) is 0 Å². The number of hydrogen-bond acceptors (Lipinski definition) is 5. The summed E-state index contributed by atoms with van der Waals surface area (Å²) in [5, 5.41) is 1.08. The fourth-order valence-corrected chi connectivity index (χ4v) is 4.33. The molecule has 3 aromatic carbocycles. The Morgan fingerprint density at radius 3 is 2.57 bits per heavy atom. The lowest BCUT2D eigenvalue weighted by Crippen LogP contribution is -2.02. The van der Waals surface area contributed by atoms with Crippen molar-refractivity contribution in [2.75, 3.05) is 7.11 Å². The minimum atomic E-state index is -0.378. The van der Waals surface area contributed by atoms with E-state index in [-0.39, 0.29) is 11.8 Å². The summed E-state index contributed by atoms with van der Waals surface area (Å²) < 4.78 is 19.0. The number of para-hydroxylation sites is 1. The largest absolute Gasteiger partial charge is 0.488 e. The second kappa shape index (κ2) is 9.14. The molecule has 1 aliphatic heterocycles. The van der Waals surface area contributed by atoms with Crippen LogP contribution in [0.15, 0.2) is 72.6 Å². The number of rotatable bonds is 6. The summed E-state index contributed by atoms with van der Waals surface area (Å²) in [7, 11) is 1.35. The first kappa shape index (κ1) is 22.5. The molecule has 1 aliphatic rings. The number of ether oxygens (including phenoxy) is 3. The average Bonchev–Trinajstić information content (AvgIpc) is 3.41. The molecule has 0 saturated heterocycles. The van der Waals surface area contributed by atoms with E-state index < -0.39 is 0 Å². The van der Waals surface area contributed by atoms with Crippen LogP contribution >= 0.6 is 0 Å². The molecule has 6 nitrogen and oxygen atoms in total. The summed E-state index contributed by atoms with van der Waals surface area (Å²) in [5.74, 6) is 0.951. The molecule has 2 heterocycles. The summed E-state index contributed by atoms with van der Waals surface area (Å²) in [6.07, 6.45) is 3.86. The molecule has 0 spiro atoms. The number of carbonyl (C=O) groups excluding carboxylic acids is 2. The number of ketones is 1. The summed E-state index contributed by atoms with van der Waals surface area (Å²) in [4.78, 5) is 24.7. The average molecular weight is 468 g/mol. The maximum Gasteiger partial charge on any atom is 0.337 e. The van der Waals surface area contributed by atoms with Gasteiger partial charge in [-0.1, -0.05) is 30.3 Å². The van der Waals surface area contributed by atoms with Crippen LogP contribution in [0.4, 0.5) is 0 Å². The minimum absolute atomic E-state index is 0.138. The standard InChI is InChI=1S/C29H25NO5/c1-4-30-16-21(22-7-5-6-8-24(22)30)15-26-27(31)23-13-14-25(18(2)28(23)35-26)34-17-19-9-11-20(12-10-19)29(32)33-3/h5-16H,4,17H2,1-3H3/b26-15+. The fourth-order valence-electron chi connectivity index (χ4n) is 4.33. The number of fused-ring (bicyclic) bond motifs is 2. The maximum atomic E-state index is 13.1. The smallest absolute Gasteiger partial charge is 0.337 e. The molecule has 0 saturated carbocycles. The van der Waals surface area contributed by atoms with Crippen molar-refractivity contribution in [3.05, 3.63) is 100 Å². The van der Waals surface area contributed by atoms with Crippen LogP contribution in [0.25, 0.3) is 17.0 Å².